The molecule has 2 fully saturated rings. The van der Waals surface area contributed by atoms with Crippen LogP contribution in [-0.4, -0.2) is 72.0 Å². The lowest BCUT2D eigenvalue weighted by Crippen LogP contribution is -2.59. The summed E-state index contributed by atoms with van der Waals surface area (Å²) in [5, 5.41) is 9.72. The molecule has 2 aromatic heterocycles. The molecular formula is C28H27F3IN5O3. The zero-order chi connectivity index (χ0) is 28.1. The topological polar surface area (TPSA) is 100 Å². The molecule has 3 aromatic rings. The Balaban J connectivity index is 1.23. The van der Waals surface area contributed by atoms with Gasteiger partial charge >= 0.3 is 3.93 Å². The van der Waals surface area contributed by atoms with E-state index in [0.717, 1.165) is 5.52 Å². The molecule has 40 heavy (non-hydrogen) atoms. The molecule has 1 aromatic carbocycles. The predicted octanol–water partition coefficient (Wildman–Crippen LogP) is 4.12. The molecule has 1 aliphatic heterocycles. The predicted molar refractivity (Wildman–Crippen MR) is 152 cm³/mol. The highest BCUT2D eigenvalue weighted by atomic mass is 127. The monoisotopic (exact) mass is 665 g/mol. The van der Waals surface area contributed by atoms with Gasteiger partial charge in [-0.05, 0) is 38.4 Å². The third kappa shape index (κ3) is 4.74. The number of hydrogen-bond donors (Lipinski definition) is 2. The van der Waals surface area contributed by atoms with Gasteiger partial charge in [-0.15, -0.1) is 0 Å². The van der Waals surface area contributed by atoms with Crippen LogP contribution in [0.2, 0.25) is 0 Å². The summed E-state index contributed by atoms with van der Waals surface area (Å²) in [6.07, 6.45) is 3.18. The second kappa shape index (κ2) is 10.4. The van der Waals surface area contributed by atoms with E-state index in [4.69, 9.17) is 4.74 Å². The van der Waals surface area contributed by atoms with E-state index in [9.17, 15) is 18.4 Å². The molecule has 210 valence electrons. The number of halogens is 4. The number of alkyl halides is 3. The maximum absolute atomic E-state index is 15.3. The van der Waals surface area contributed by atoms with Crippen molar-refractivity contribution in [3.8, 4) is 5.88 Å². The summed E-state index contributed by atoms with van der Waals surface area (Å²) in [5.74, 6) is -0.779. The van der Waals surface area contributed by atoms with E-state index < -0.39 is 47.8 Å². The molecule has 1 atom stereocenters. The van der Waals surface area contributed by atoms with Crippen LogP contribution in [0.15, 0.2) is 42.1 Å². The van der Waals surface area contributed by atoms with Gasteiger partial charge in [0, 0.05) is 56.9 Å². The lowest BCUT2D eigenvalue weighted by atomic mass is 9.59. The fourth-order valence-corrected chi connectivity index (χ4v) is 7.09. The minimum absolute atomic E-state index is 0.00705. The van der Waals surface area contributed by atoms with Crippen LogP contribution in [0.5, 0.6) is 5.88 Å². The summed E-state index contributed by atoms with van der Waals surface area (Å²) in [4.78, 5) is 32.7. The van der Waals surface area contributed by atoms with E-state index in [1.165, 1.54) is 11.0 Å². The molecule has 0 bridgehead atoms. The van der Waals surface area contributed by atoms with Crippen LogP contribution < -0.4 is 10.1 Å². The van der Waals surface area contributed by atoms with Crippen molar-refractivity contribution in [2.45, 2.75) is 47.2 Å². The van der Waals surface area contributed by atoms with Crippen molar-refractivity contribution in [2.24, 2.45) is 0 Å². The number of carbonyl (C=O) groups excluding carboxylic acids is 2. The number of ketones is 1. The minimum atomic E-state index is -3.03. The Labute approximate surface area is 238 Å². The lowest BCUT2D eigenvalue weighted by molar-refractivity contribution is -0.138. The Hall–Kier alpha value is -3.13. The van der Waals surface area contributed by atoms with Crippen molar-refractivity contribution in [1.29, 1.82) is 0 Å². The third-order valence-corrected chi connectivity index (χ3v) is 9.75. The SMILES string of the molecule is C=IC(F)(F)[C@H]1CNCCN1C(=O)CC1=Cc2cccc(F)c2C2(CC(Oc3ccc4[nH]ncc4n3)C2)C(=O)C1. The Bertz CT molecular complexity index is 1530. The first-order chi connectivity index (χ1) is 19.2. The number of piperazine rings is 1. The smallest absolute Gasteiger partial charge is 0.312 e. The number of H-pyrrole nitrogens is 1. The molecule has 3 aliphatic rings. The summed E-state index contributed by atoms with van der Waals surface area (Å²) in [6.45, 7) is 0.552. The zero-order valence-electron chi connectivity index (χ0n) is 21.4. The van der Waals surface area contributed by atoms with Gasteiger partial charge in [0.1, 0.15) is 29.3 Å². The Morgan fingerprint density at radius 3 is 2.90 bits per heavy atom. The molecule has 0 radical (unpaired) electrons. The van der Waals surface area contributed by atoms with Crippen LogP contribution in [-0.2, 0) is 15.0 Å². The van der Waals surface area contributed by atoms with Crippen molar-refractivity contribution < 1.29 is 27.5 Å². The van der Waals surface area contributed by atoms with Crippen LogP contribution in [0.4, 0.5) is 13.2 Å². The number of nitrogens with zero attached hydrogens (tertiary/aromatic N) is 3. The number of carbonyl (C=O) groups is 2. The van der Waals surface area contributed by atoms with Gasteiger partial charge in [0.15, 0.2) is 0 Å². The summed E-state index contributed by atoms with van der Waals surface area (Å²) in [7, 11) is 0. The number of rotatable bonds is 6. The van der Waals surface area contributed by atoms with Gasteiger partial charge in [-0.2, -0.15) is 13.9 Å². The first-order valence-corrected chi connectivity index (χ1v) is 15.6. The van der Waals surface area contributed by atoms with Crippen LogP contribution in [0, 0.1) is 5.82 Å². The number of Topliss-reactive ketones (excluding diaryl/α,β-unsaturated/α-hetero) is 1. The van der Waals surface area contributed by atoms with E-state index in [1.54, 1.807) is 36.5 Å². The summed E-state index contributed by atoms with van der Waals surface area (Å²) < 4.78 is 51.0. The normalized spacial score (nSPS) is 24.8. The summed E-state index contributed by atoms with van der Waals surface area (Å²) >= 11 is -1.67. The van der Waals surface area contributed by atoms with Gasteiger partial charge in [-0.1, -0.05) is 28.3 Å². The molecule has 3 heterocycles. The highest BCUT2D eigenvalue weighted by Gasteiger charge is 2.55. The van der Waals surface area contributed by atoms with Crippen molar-refractivity contribution >= 4 is 54.0 Å². The standard InChI is InChI=1S/C28H27F3IN5O3/c1-32-28(30,31)22-15-33-7-8-37(22)25(39)11-16-9-17-3-2-4-19(29)26(17)27(23(38)10-16)12-18(13-27)40-24-6-5-20-21(35-24)14-34-36-20/h2-6,9,14,18,22,33H,1,7-8,10-13,15H2,(H,34,36)/t18?,22-,27?/m1/s1. The summed E-state index contributed by atoms with van der Waals surface area (Å²) in [6, 6.07) is 6.86. The van der Waals surface area contributed by atoms with Gasteiger partial charge in [0.25, 0.3) is 0 Å². The highest BCUT2D eigenvalue weighted by molar-refractivity contribution is 14.2. The van der Waals surface area contributed by atoms with Crippen LogP contribution in [0.3, 0.4) is 0 Å². The quantitative estimate of drug-likeness (QED) is 0.304. The molecule has 8 nitrogen and oxygen atoms in total. The molecule has 12 heteroatoms. The van der Waals surface area contributed by atoms with Crippen LogP contribution in [0.1, 0.15) is 36.8 Å². The Kier molecular flexibility index (Phi) is 7.01. The van der Waals surface area contributed by atoms with Crippen molar-refractivity contribution in [3.63, 3.8) is 0 Å². The molecule has 1 saturated carbocycles. The molecule has 1 spiro atoms. The number of benzene rings is 1. The average molecular weight is 665 g/mol. The number of nitrogens with one attached hydrogen (secondary N) is 2. The van der Waals surface area contributed by atoms with Gasteiger partial charge in [-0.25, -0.2) is 9.37 Å². The lowest BCUT2D eigenvalue weighted by Gasteiger charge is -2.46. The number of pyridine rings is 1. The molecule has 1 amide bonds. The fraction of sp³-hybridized carbons (Fsp3) is 0.393. The third-order valence-electron chi connectivity index (χ3n) is 8.01. The van der Waals surface area contributed by atoms with Gasteiger partial charge < -0.3 is 15.0 Å². The Morgan fingerprint density at radius 2 is 2.10 bits per heavy atom. The number of aromatic nitrogens is 3. The molecule has 2 aliphatic carbocycles. The molecule has 0 unspecified atom stereocenters. The molecule has 6 rings (SSSR count). The van der Waals surface area contributed by atoms with E-state index >= 15 is 4.39 Å². The number of fused-ring (bicyclic) bond motifs is 3. The Morgan fingerprint density at radius 1 is 1.27 bits per heavy atom. The number of hydrogen-bond acceptors (Lipinski definition) is 6. The minimum Gasteiger partial charge on any atom is -0.474 e. The van der Waals surface area contributed by atoms with E-state index in [0.29, 0.717) is 34.6 Å². The maximum atomic E-state index is 15.3. The van der Waals surface area contributed by atoms with Gasteiger partial charge in [-0.3, -0.25) is 14.7 Å². The van der Waals surface area contributed by atoms with E-state index in [2.05, 4.69) is 25.0 Å². The summed E-state index contributed by atoms with van der Waals surface area (Å²) in [5.41, 5.74) is 1.62. The first kappa shape index (κ1) is 27.1. The van der Waals surface area contributed by atoms with Crippen LogP contribution >= 0.6 is 20.7 Å². The molecule has 1 saturated heterocycles. The largest absolute Gasteiger partial charge is 0.474 e. The van der Waals surface area contributed by atoms with Crippen molar-refractivity contribution in [3.05, 3.63) is 59.0 Å². The van der Waals surface area contributed by atoms with Crippen LogP contribution in [0.25, 0.3) is 17.1 Å². The number of ether oxygens (including phenoxy) is 1. The average Bonchev–Trinajstić information content (AvgIpc) is 3.34. The second-order valence-electron chi connectivity index (χ2n) is 10.4. The van der Waals surface area contributed by atoms with Gasteiger partial charge in [0.05, 0.1) is 17.1 Å². The number of aromatic amines is 1. The molecular weight excluding hydrogens is 638 g/mol. The fourth-order valence-electron chi connectivity index (χ4n) is 6.03. The van der Waals surface area contributed by atoms with E-state index in [-0.39, 0.29) is 50.7 Å². The van der Waals surface area contributed by atoms with Crippen molar-refractivity contribution in [1.82, 2.24) is 25.4 Å². The highest BCUT2D eigenvalue weighted by Crippen LogP contribution is 2.51. The van der Waals surface area contributed by atoms with E-state index in [1.807, 2.05) is 0 Å². The number of amides is 1. The first-order valence-electron chi connectivity index (χ1n) is 13.0. The van der Waals surface area contributed by atoms with Crippen molar-refractivity contribution in [2.75, 3.05) is 19.6 Å². The molecule has 2 N–H and O–H groups in total. The van der Waals surface area contributed by atoms with Gasteiger partial charge in [0.2, 0.25) is 11.8 Å². The zero-order valence-corrected chi connectivity index (χ0v) is 23.6. The maximum Gasteiger partial charge on any atom is 0.312 e. The second-order valence-corrected chi connectivity index (χ2v) is 12.6.